The lowest BCUT2D eigenvalue weighted by Crippen LogP contribution is -2.41. The number of benzene rings is 1. The minimum absolute atomic E-state index is 0.0731. The van der Waals surface area contributed by atoms with Gasteiger partial charge in [-0.15, -0.1) is 11.3 Å². The van der Waals surface area contributed by atoms with Crippen LogP contribution >= 0.6 is 22.9 Å². The van der Waals surface area contributed by atoms with Crippen LogP contribution in [0.15, 0.2) is 40.9 Å². The number of nitrogens with zero attached hydrogens (tertiary/aromatic N) is 1. The first-order valence-corrected chi connectivity index (χ1v) is 9.24. The molecule has 26 heavy (non-hydrogen) atoms. The van der Waals surface area contributed by atoms with Crippen molar-refractivity contribution in [1.29, 1.82) is 0 Å². The fourth-order valence-corrected chi connectivity index (χ4v) is 4.09. The number of carbonyl (C=O) groups is 2. The third kappa shape index (κ3) is 3.36. The highest BCUT2D eigenvalue weighted by Gasteiger charge is 2.19. The molecule has 8 heteroatoms. The van der Waals surface area contributed by atoms with Gasteiger partial charge in [-0.25, -0.2) is 0 Å². The van der Waals surface area contributed by atoms with E-state index in [1.165, 1.54) is 27.8 Å². The molecule has 0 aliphatic heterocycles. The maximum atomic E-state index is 12.2. The summed E-state index contributed by atoms with van der Waals surface area (Å²) < 4.78 is 5.18. The van der Waals surface area contributed by atoms with Gasteiger partial charge in [0.25, 0.3) is 11.8 Å². The Morgan fingerprint density at radius 3 is 2.62 bits per heavy atom. The number of aromatic nitrogens is 1. The number of thiophene rings is 1. The summed E-state index contributed by atoms with van der Waals surface area (Å²) >= 11 is 7.32. The number of hydrogen-bond acceptors (Lipinski definition) is 5. The molecule has 1 aliphatic rings. The molecule has 0 fully saturated rings. The van der Waals surface area contributed by atoms with Crippen molar-refractivity contribution in [1.82, 2.24) is 16.0 Å². The Bertz CT molecular complexity index is 956. The normalized spacial score (nSPS) is 12.7. The van der Waals surface area contributed by atoms with Crippen molar-refractivity contribution in [2.24, 2.45) is 0 Å². The van der Waals surface area contributed by atoms with Gasteiger partial charge in [-0.1, -0.05) is 16.8 Å². The molecule has 1 aromatic carbocycles. The first-order chi connectivity index (χ1) is 12.6. The lowest BCUT2D eigenvalue weighted by atomic mass is 10.1. The summed E-state index contributed by atoms with van der Waals surface area (Å²) in [7, 11) is 0. The van der Waals surface area contributed by atoms with Crippen LogP contribution in [0.1, 0.15) is 37.0 Å². The SMILES string of the molecule is O=C(NNC(=O)c1cc2c(s1)CCC2)c1cc(-c2ccc(Cl)cc2)on1. The highest BCUT2D eigenvalue weighted by Crippen LogP contribution is 2.30. The second-order valence-electron chi connectivity index (χ2n) is 5.90. The van der Waals surface area contributed by atoms with Crippen molar-refractivity contribution >= 4 is 34.8 Å². The van der Waals surface area contributed by atoms with Crippen LogP contribution in [0.5, 0.6) is 0 Å². The Labute approximate surface area is 158 Å². The molecule has 2 aromatic heterocycles. The van der Waals surface area contributed by atoms with E-state index < -0.39 is 5.91 Å². The molecule has 1 aliphatic carbocycles. The zero-order valence-corrected chi connectivity index (χ0v) is 15.1. The molecule has 3 aromatic rings. The second-order valence-corrected chi connectivity index (χ2v) is 7.48. The highest BCUT2D eigenvalue weighted by atomic mass is 35.5. The maximum absolute atomic E-state index is 12.2. The summed E-state index contributed by atoms with van der Waals surface area (Å²) in [6.45, 7) is 0. The lowest BCUT2D eigenvalue weighted by Gasteiger charge is -2.03. The van der Waals surface area contributed by atoms with Crippen molar-refractivity contribution in [3.8, 4) is 11.3 Å². The minimum atomic E-state index is -0.550. The zero-order chi connectivity index (χ0) is 18.1. The van der Waals surface area contributed by atoms with Gasteiger partial charge in [-0.2, -0.15) is 0 Å². The smallest absolute Gasteiger partial charge is 0.291 e. The van der Waals surface area contributed by atoms with E-state index in [9.17, 15) is 9.59 Å². The Hall–Kier alpha value is -2.64. The van der Waals surface area contributed by atoms with Gasteiger partial charge in [0.1, 0.15) is 0 Å². The predicted octanol–water partition coefficient (Wildman–Crippen LogP) is 3.62. The van der Waals surface area contributed by atoms with E-state index in [1.54, 1.807) is 24.3 Å². The predicted molar refractivity (Wildman–Crippen MR) is 98.2 cm³/mol. The van der Waals surface area contributed by atoms with E-state index in [4.69, 9.17) is 16.1 Å². The van der Waals surface area contributed by atoms with Crippen LogP contribution < -0.4 is 10.9 Å². The van der Waals surface area contributed by atoms with Gasteiger partial charge in [0.15, 0.2) is 11.5 Å². The summed E-state index contributed by atoms with van der Waals surface area (Å²) in [5.74, 6) is -0.446. The fourth-order valence-electron chi connectivity index (χ4n) is 2.81. The van der Waals surface area contributed by atoms with Crippen LogP contribution in [0.25, 0.3) is 11.3 Å². The average molecular weight is 388 g/mol. The molecule has 2 N–H and O–H groups in total. The van der Waals surface area contributed by atoms with Gasteiger partial charge in [0.05, 0.1) is 4.88 Å². The largest absolute Gasteiger partial charge is 0.355 e. The van der Waals surface area contributed by atoms with Gasteiger partial charge in [-0.05, 0) is 55.2 Å². The molecule has 0 spiro atoms. The van der Waals surface area contributed by atoms with Crippen LogP contribution in [0, 0.1) is 0 Å². The molecule has 0 saturated heterocycles. The number of nitrogens with one attached hydrogen (secondary N) is 2. The summed E-state index contributed by atoms with van der Waals surface area (Å²) in [5.41, 5.74) is 6.83. The third-order valence-corrected chi connectivity index (χ3v) is 5.62. The molecular weight excluding hydrogens is 374 g/mol. The summed E-state index contributed by atoms with van der Waals surface area (Å²) in [6.07, 6.45) is 3.17. The van der Waals surface area contributed by atoms with Crippen LogP contribution in [-0.2, 0) is 12.8 Å². The van der Waals surface area contributed by atoms with Gasteiger partial charge < -0.3 is 4.52 Å². The topological polar surface area (TPSA) is 84.2 Å². The molecular formula is C18H14ClN3O3S. The van der Waals surface area contributed by atoms with E-state index >= 15 is 0 Å². The first kappa shape index (κ1) is 16.8. The van der Waals surface area contributed by atoms with Crippen LogP contribution in [0.2, 0.25) is 5.02 Å². The van der Waals surface area contributed by atoms with Gasteiger partial charge in [0, 0.05) is 21.5 Å². The average Bonchev–Trinajstić information content (AvgIpc) is 3.35. The van der Waals surface area contributed by atoms with Gasteiger partial charge >= 0.3 is 0 Å². The number of rotatable bonds is 3. The van der Waals surface area contributed by atoms with Gasteiger partial charge in [-0.3, -0.25) is 20.4 Å². The van der Waals surface area contributed by atoms with Crippen molar-refractivity contribution in [2.75, 3.05) is 0 Å². The number of aryl methyl sites for hydroxylation is 2. The molecule has 0 atom stereocenters. The van der Waals surface area contributed by atoms with Crippen LogP contribution in [0.3, 0.4) is 0 Å². The zero-order valence-electron chi connectivity index (χ0n) is 13.5. The van der Waals surface area contributed by atoms with E-state index in [1.807, 2.05) is 6.07 Å². The number of fused-ring (bicyclic) bond motifs is 1. The molecule has 2 amide bonds. The molecule has 0 saturated carbocycles. The number of amides is 2. The number of carbonyl (C=O) groups excluding carboxylic acids is 2. The van der Waals surface area contributed by atoms with Crippen molar-refractivity contribution < 1.29 is 14.1 Å². The van der Waals surface area contributed by atoms with Gasteiger partial charge in [0.2, 0.25) is 0 Å². The molecule has 2 heterocycles. The number of hydrogen-bond donors (Lipinski definition) is 2. The van der Waals surface area contributed by atoms with E-state index in [0.717, 1.165) is 24.8 Å². The van der Waals surface area contributed by atoms with E-state index in [0.29, 0.717) is 15.7 Å². The lowest BCUT2D eigenvalue weighted by molar-refractivity contribution is 0.0843. The third-order valence-electron chi connectivity index (χ3n) is 4.13. The highest BCUT2D eigenvalue weighted by molar-refractivity contribution is 7.14. The summed E-state index contributed by atoms with van der Waals surface area (Å²) in [4.78, 5) is 26.2. The quantitative estimate of drug-likeness (QED) is 0.672. The number of hydrazine groups is 1. The number of halogens is 1. The molecule has 132 valence electrons. The Kier molecular flexibility index (Phi) is 4.48. The standard InChI is InChI=1S/C18H14ClN3O3S/c19-12-6-4-10(5-7-12)14-9-13(22-25-14)17(23)20-21-18(24)16-8-11-2-1-3-15(11)26-16/h4-9H,1-3H2,(H,20,23)(H,21,24). The Morgan fingerprint density at radius 2 is 1.85 bits per heavy atom. The monoisotopic (exact) mass is 387 g/mol. The summed E-state index contributed by atoms with van der Waals surface area (Å²) in [5, 5.41) is 4.34. The van der Waals surface area contributed by atoms with Crippen molar-refractivity contribution in [3.63, 3.8) is 0 Å². The summed E-state index contributed by atoms with van der Waals surface area (Å²) in [6, 6.07) is 10.4. The fraction of sp³-hybridized carbons (Fsp3) is 0.167. The molecule has 4 rings (SSSR count). The van der Waals surface area contributed by atoms with Crippen LogP contribution in [-0.4, -0.2) is 17.0 Å². The molecule has 6 nitrogen and oxygen atoms in total. The maximum Gasteiger partial charge on any atom is 0.291 e. The van der Waals surface area contributed by atoms with E-state index in [2.05, 4.69) is 16.0 Å². The molecule has 0 radical (unpaired) electrons. The first-order valence-electron chi connectivity index (χ1n) is 8.05. The van der Waals surface area contributed by atoms with Crippen molar-refractivity contribution in [3.05, 3.63) is 62.4 Å². The van der Waals surface area contributed by atoms with Crippen molar-refractivity contribution in [2.45, 2.75) is 19.3 Å². The molecule has 0 bridgehead atoms. The molecule has 0 unspecified atom stereocenters. The van der Waals surface area contributed by atoms with Crippen LogP contribution in [0.4, 0.5) is 0 Å². The van der Waals surface area contributed by atoms with E-state index in [-0.39, 0.29) is 11.6 Å². The second kappa shape index (κ2) is 6.93. The minimum Gasteiger partial charge on any atom is -0.355 e. The Balaban J connectivity index is 1.39. The Morgan fingerprint density at radius 1 is 1.08 bits per heavy atom.